The summed E-state index contributed by atoms with van der Waals surface area (Å²) >= 11 is 0. The van der Waals surface area contributed by atoms with Crippen LogP contribution in [0.2, 0.25) is 0 Å². The molecule has 0 aliphatic heterocycles. The summed E-state index contributed by atoms with van der Waals surface area (Å²) in [7, 11) is -3.64. The molecule has 6 nitrogen and oxygen atoms in total. The number of benzene rings is 1. The minimum Gasteiger partial charge on any atom is -0.376 e. The Labute approximate surface area is 141 Å². The first-order chi connectivity index (χ1) is 11.4. The molecule has 24 heavy (non-hydrogen) atoms. The Balaban J connectivity index is 1.65. The molecule has 5 unspecified atom stereocenters. The fourth-order valence-electron chi connectivity index (χ4n) is 5.56. The molecule has 1 aromatic carbocycles. The van der Waals surface area contributed by atoms with Crippen molar-refractivity contribution in [3.05, 3.63) is 28.3 Å². The third-order valence-electron chi connectivity index (χ3n) is 6.35. The van der Waals surface area contributed by atoms with Gasteiger partial charge < -0.3 is 5.32 Å². The maximum Gasteiger partial charge on any atom is 0.310 e. The first-order valence-corrected chi connectivity index (χ1v) is 10.5. The highest BCUT2D eigenvalue weighted by atomic mass is 32.2. The van der Waals surface area contributed by atoms with E-state index in [4.69, 9.17) is 0 Å². The summed E-state index contributed by atoms with van der Waals surface area (Å²) < 4.78 is 23.8. The van der Waals surface area contributed by atoms with Crippen molar-refractivity contribution in [2.24, 2.45) is 23.7 Å². The van der Waals surface area contributed by atoms with E-state index in [0.29, 0.717) is 11.6 Å². The third kappa shape index (κ3) is 2.41. The van der Waals surface area contributed by atoms with Gasteiger partial charge in [0.15, 0.2) is 9.84 Å². The zero-order chi connectivity index (χ0) is 17.1. The quantitative estimate of drug-likeness (QED) is 0.665. The number of nitrogens with zero attached hydrogens (tertiary/aromatic N) is 1. The van der Waals surface area contributed by atoms with E-state index in [1.165, 1.54) is 31.7 Å². The molecule has 4 rings (SSSR count). The van der Waals surface area contributed by atoms with Gasteiger partial charge in [0.1, 0.15) is 10.6 Å². The zero-order valence-electron chi connectivity index (χ0n) is 13.6. The number of nitro groups is 1. The van der Waals surface area contributed by atoms with Crippen LogP contribution in [-0.4, -0.2) is 25.6 Å². The van der Waals surface area contributed by atoms with Crippen molar-refractivity contribution in [2.45, 2.75) is 43.0 Å². The van der Waals surface area contributed by atoms with Crippen molar-refractivity contribution >= 4 is 21.2 Å². The van der Waals surface area contributed by atoms with Gasteiger partial charge in [-0.2, -0.15) is 0 Å². The Morgan fingerprint density at radius 3 is 2.62 bits per heavy atom. The number of nitro benzene ring substituents is 1. The van der Waals surface area contributed by atoms with Crippen LogP contribution in [-0.2, 0) is 9.84 Å². The molecule has 5 atom stereocenters. The predicted molar refractivity (Wildman–Crippen MR) is 90.7 cm³/mol. The molecule has 0 heterocycles. The van der Waals surface area contributed by atoms with Gasteiger partial charge in [-0.3, -0.25) is 10.1 Å². The smallest absolute Gasteiger partial charge is 0.310 e. The molecule has 0 saturated heterocycles. The molecular formula is C17H22N2O4S. The lowest BCUT2D eigenvalue weighted by Gasteiger charge is -2.32. The van der Waals surface area contributed by atoms with Gasteiger partial charge in [-0.15, -0.1) is 0 Å². The molecule has 130 valence electrons. The van der Waals surface area contributed by atoms with Crippen LogP contribution in [0.3, 0.4) is 0 Å². The molecule has 2 bridgehead atoms. The minimum absolute atomic E-state index is 0.209. The first kappa shape index (κ1) is 15.9. The maximum atomic E-state index is 11.9. The average molecular weight is 350 g/mol. The second-order valence-electron chi connectivity index (χ2n) is 7.59. The lowest BCUT2D eigenvalue weighted by molar-refractivity contribution is -0.386. The van der Waals surface area contributed by atoms with Crippen LogP contribution in [0.4, 0.5) is 11.4 Å². The van der Waals surface area contributed by atoms with Crippen LogP contribution in [0.5, 0.6) is 0 Å². The summed E-state index contributed by atoms with van der Waals surface area (Å²) in [4.78, 5) is 10.7. The van der Waals surface area contributed by atoms with Crippen molar-refractivity contribution in [2.75, 3.05) is 11.6 Å². The number of hydrogen-bond acceptors (Lipinski definition) is 5. The highest BCUT2D eigenvalue weighted by Crippen LogP contribution is 2.59. The summed E-state index contributed by atoms with van der Waals surface area (Å²) in [6.07, 6.45) is 7.19. The predicted octanol–water partition coefficient (Wildman–Crippen LogP) is 3.23. The molecule has 3 fully saturated rings. The Morgan fingerprint density at radius 2 is 1.92 bits per heavy atom. The molecular weight excluding hydrogens is 328 g/mol. The average Bonchev–Trinajstić information content (AvgIpc) is 3.18. The van der Waals surface area contributed by atoms with Crippen LogP contribution in [0.25, 0.3) is 0 Å². The van der Waals surface area contributed by atoms with E-state index in [-0.39, 0.29) is 16.6 Å². The van der Waals surface area contributed by atoms with Crippen LogP contribution in [0.1, 0.15) is 32.1 Å². The van der Waals surface area contributed by atoms with Crippen LogP contribution >= 0.6 is 0 Å². The lowest BCUT2D eigenvalue weighted by Crippen LogP contribution is -2.34. The minimum atomic E-state index is -3.64. The first-order valence-electron chi connectivity index (χ1n) is 8.60. The topological polar surface area (TPSA) is 89.3 Å². The van der Waals surface area contributed by atoms with E-state index >= 15 is 0 Å². The van der Waals surface area contributed by atoms with E-state index in [1.807, 2.05) is 0 Å². The van der Waals surface area contributed by atoms with Crippen molar-refractivity contribution in [1.29, 1.82) is 0 Å². The fraction of sp³-hybridized carbons (Fsp3) is 0.647. The number of sulfone groups is 1. The molecule has 0 aromatic heterocycles. The normalized spacial score (nSPS) is 34.3. The second kappa shape index (κ2) is 5.44. The molecule has 1 N–H and O–H groups in total. The number of hydrogen-bond donors (Lipinski definition) is 1. The van der Waals surface area contributed by atoms with Gasteiger partial charge in [0.2, 0.25) is 0 Å². The standard InChI is InChI=1S/C17H22N2O4S/c1-24(22,23)16-7-3-6-14(17(16)19(20)21)18-15-9-10-8-13(15)12-5-2-4-11(10)12/h3,6-7,10-13,15,18H,2,4-5,8-9H2,1H3. The third-order valence-corrected chi connectivity index (χ3v) is 7.48. The van der Waals surface area contributed by atoms with Crippen molar-refractivity contribution in [3.63, 3.8) is 0 Å². The maximum absolute atomic E-state index is 11.9. The molecule has 1 aromatic rings. The highest BCUT2D eigenvalue weighted by Gasteiger charge is 2.54. The van der Waals surface area contributed by atoms with Crippen LogP contribution < -0.4 is 5.32 Å². The summed E-state index contributed by atoms with van der Waals surface area (Å²) in [5, 5.41) is 14.8. The second-order valence-corrected chi connectivity index (χ2v) is 9.57. The molecule has 3 aliphatic carbocycles. The number of anilines is 1. The molecule has 3 saturated carbocycles. The van der Waals surface area contributed by atoms with Crippen molar-refractivity contribution < 1.29 is 13.3 Å². The van der Waals surface area contributed by atoms with Gasteiger partial charge in [-0.05, 0) is 61.5 Å². The fourth-order valence-corrected chi connectivity index (χ4v) is 6.42. The molecule has 7 heteroatoms. The van der Waals surface area contributed by atoms with E-state index in [1.54, 1.807) is 12.1 Å². The van der Waals surface area contributed by atoms with Crippen molar-refractivity contribution in [3.8, 4) is 0 Å². The summed E-state index contributed by atoms with van der Waals surface area (Å²) in [6.45, 7) is 0. The summed E-state index contributed by atoms with van der Waals surface area (Å²) in [6, 6.07) is 4.75. The Morgan fingerprint density at radius 1 is 1.17 bits per heavy atom. The van der Waals surface area contributed by atoms with Gasteiger partial charge in [0.25, 0.3) is 0 Å². The van der Waals surface area contributed by atoms with E-state index < -0.39 is 14.8 Å². The number of para-hydroxylation sites is 1. The molecule has 0 amide bonds. The summed E-state index contributed by atoms with van der Waals surface area (Å²) in [5.74, 6) is 2.91. The number of fused-ring (bicyclic) bond motifs is 5. The van der Waals surface area contributed by atoms with Gasteiger partial charge in [-0.25, -0.2) is 8.42 Å². The SMILES string of the molecule is CS(=O)(=O)c1cccc(NC2CC3CC2C2CCCC32)c1[N+](=O)[O-]. The van der Waals surface area contributed by atoms with Gasteiger partial charge >= 0.3 is 5.69 Å². The summed E-state index contributed by atoms with van der Waals surface area (Å²) in [5.41, 5.74) is 0.0285. The molecule has 0 radical (unpaired) electrons. The monoisotopic (exact) mass is 350 g/mol. The highest BCUT2D eigenvalue weighted by molar-refractivity contribution is 7.90. The Bertz CT molecular complexity index is 792. The van der Waals surface area contributed by atoms with E-state index in [9.17, 15) is 18.5 Å². The van der Waals surface area contributed by atoms with Gasteiger partial charge in [-0.1, -0.05) is 12.5 Å². The van der Waals surface area contributed by atoms with Crippen LogP contribution in [0, 0.1) is 33.8 Å². The van der Waals surface area contributed by atoms with E-state index in [0.717, 1.165) is 30.4 Å². The van der Waals surface area contributed by atoms with Crippen molar-refractivity contribution in [1.82, 2.24) is 0 Å². The van der Waals surface area contributed by atoms with Crippen LogP contribution in [0.15, 0.2) is 23.1 Å². The molecule has 0 spiro atoms. The largest absolute Gasteiger partial charge is 0.376 e. The van der Waals surface area contributed by atoms with E-state index in [2.05, 4.69) is 5.32 Å². The zero-order valence-corrected chi connectivity index (χ0v) is 14.5. The number of rotatable bonds is 4. The molecule has 3 aliphatic rings. The number of nitrogens with one attached hydrogen (secondary N) is 1. The van der Waals surface area contributed by atoms with Gasteiger partial charge in [0.05, 0.1) is 4.92 Å². The Kier molecular flexibility index (Phi) is 3.60. The lowest BCUT2D eigenvalue weighted by atomic mass is 9.79. The van der Waals surface area contributed by atoms with Gasteiger partial charge in [0, 0.05) is 12.3 Å². The Hall–Kier alpha value is -1.63.